The zero-order valence-electron chi connectivity index (χ0n) is 14.6. The maximum atomic E-state index is 12.4. The van der Waals surface area contributed by atoms with Crippen molar-refractivity contribution >= 4 is 28.2 Å². The predicted molar refractivity (Wildman–Crippen MR) is 100 cm³/mol. The zero-order valence-corrected chi connectivity index (χ0v) is 15.5. The molecule has 1 saturated heterocycles. The van der Waals surface area contributed by atoms with Crippen LogP contribution in [0.25, 0.3) is 11.1 Å². The number of primary amides is 1. The summed E-state index contributed by atoms with van der Waals surface area (Å²) in [6.07, 6.45) is 1.12. The van der Waals surface area contributed by atoms with E-state index in [1.165, 1.54) is 16.9 Å². The second-order valence-corrected chi connectivity index (χ2v) is 7.62. The molecule has 0 spiro atoms. The van der Waals surface area contributed by atoms with E-state index in [1.54, 1.807) is 0 Å². The topological polar surface area (TPSA) is 81.4 Å². The van der Waals surface area contributed by atoms with Crippen LogP contribution in [0, 0.1) is 20.8 Å². The summed E-state index contributed by atoms with van der Waals surface area (Å²) >= 11 is 1.37. The Morgan fingerprint density at radius 3 is 2.60 bits per heavy atom. The van der Waals surface area contributed by atoms with Crippen LogP contribution in [0.4, 0.5) is 5.00 Å². The van der Waals surface area contributed by atoms with Gasteiger partial charge in [0.25, 0.3) is 11.8 Å². The summed E-state index contributed by atoms with van der Waals surface area (Å²) in [6.45, 7) is 6.61. The second kappa shape index (κ2) is 6.98. The molecular weight excluding hydrogens is 336 g/mol. The van der Waals surface area contributed by atoms with Crippen molar-refractivity contribution in [1.29, 1.82) is 0 Å². The van der Waals surface area contributed by atoms with Gasteiger partial charge in [-0.3, -0.25) is 9.59 Å². The second-order valence-electron chi connectivity index (χ2n) is 6.39. The van der Waals surface area contributed by atoms with Crippen LogP contribution in [0.5, 0.6) is 0 Å². The quantitative estimate of drug-likeness (QED) is 0.877. The number of benzene rings is 1. The average molecular weight is 358 g/mol. The van der Waals surface area contributed by atoms with Gasteiger partial charge in [-0.2, -0.15) is 0 Å². The van der Waals surface area contributed by atoms with Crippen molar-refractivity contribution in [1.82, 2.24) is 0 Å². The molecule has 1 fully saturated rings. The van der Waals surface area contributed by atoms with E-state index in [0.717, 1.165) is 28.0 Å². The van der Waals surface area contributed by atoms with Gasteiger partial charge in [-0.25, -0.2) is 0 Å². The Morgan fingerprint density at radius 2 is 2.00 bits per heavy atom. The van der Waals surface area contributed by atoms with E-state index >= 15 is 0 Å². The van der Waals surface area contributed by atoms with Crippen LogP contribution >= 0.6 is 11.3 Å². The summed E-state index contributed by atoms with van der Waals surface area (Å²) in [6, 6.07) is 6.05. The van der Waals surface area contributed by atoms with Crippen LogP contribution < -0.4 is 11.1 Å². The van der Waals surface area contributed by atoms with Crippen molar-refractivity contribution in [2.75, 3.05) is 11.9 Å². The minimum Gasteiger partial charge on any atom is -0.368 e. The number of aryl methyl sites for hydroxylation is 3. The monoisotopic (exact) mass is 358 g/mol. The smallest absolute Gasteiger partial charge is 0.254 e. The van der Waals surface area contributed by atoms with Crippen LogP contribution in [0.15, 0.2) is 18.2 Å². The van der Waals surface area contributed by atoms with Gasteiger partial charge < -0.3 is 15.8 Å². The van der Waals surface area contributed by atoms with Gasteiger partial charge >= 0.3 is 0 Å². The Kier molecular flexibility index (Phi) is 4.92. The minimum absolute atomic E-state index is 0.215. The Hall–Kier alpha value is -2.18. The summed E-state index contributed by atoms with van der Waals surface area (Å²) in [5.74, 6) is -0.756. The third kappa shape index (κ3) is 3.45. The van der Waals surface area contributed by atoms with Crippen molar-refractivity contribution in [3.63, 3.8) is 0 Å². The highest BCUT2D eigenvalue weighted by Gasteiger charge is 2.27. The number of hydrogen-bond acceptors (Lipinski definition) is 4. The summed E-state index contributed by atoms with van der Waals surface area (Å²) in [5.41, 5.74) is 10.1. The van der Waals surface area contributed by atoms with Crippen molar-refractivity contribution in [3.05, 3.63) is 39.8 Å². The number of nitrogens with two attached hydrogens (primary N) is 1. The van der Waals surface area contributed by atoms with E-state index in [0.29, 0.717) is 23.6 Å². The highest BCUT2D eigenvalue weighted by atomic mass is 32.1. The number of rotatable bonds is 4. The van der Waals surface area contributed by atoms with Crippen molar-refractivity contribution in [2.45, 2.75) is 39.7 Å². The number of carbonyl (C=O) groups is 2. The van der Waals surface area contributed by atoms with Crippen molar-refractivity contribution in [2.24, 2.45) is 5.73 Å². The van der Waals surface area contributed by atoms with E-state index in [-0.39, 0.29) is 5.91 Å². The lowest BCUT2D eigenvalue weighted by Crippen LogP contribution is -2.27. The SMILES string of the molecule is Cc1ccc(-c2c(C)sc(NC(=O)[C@H]3CCCO3)c2C(N)=O)cc1C. The number of ether oxygens (including phenoxy) is 1. The summed E-state index contributed by atoms with van der Waals surface area (Å²) < 4.78 is 5.41. The molecule has 1 aromatic carbocycles. The number of thiophene rings is 1. The summed E-state index contributed by atoms with van der Waals surface area (Å²) in [4.78, 5) is 25.4. The van der Waals surface area contributed by atoms with Crippen LogP contribution in [0.3, 0.4) is 0 Å². The minimum atomic E-state index is -0.541. The first-order valence-electron chi connectivity index (χ1n) is 8.31. The molecule has 6 heteroatoms. The van der Waals surface area contributed by atoms with Gasteiger partial charge in [0.2, 0.25) is 0 Å². The first-order valence-corrected chi connectivity index (χ1v) is 9.13. The van der Waals surface area contributed by atoms with Gasteiger partial charge in [-0.15, -0.1) is 11.3 Å². The van der Waals surface area contributed by atoms with Crippen LogP contribution in [0.2, 0.25) is 0 Å². The molecule has 1 aromatic heterocycles. The number of carbonyl (C=O) groups excluding carboxylic acids is 2. The van der Waals surface area contributed by atoms with Gasteiger partial charge in [-0.05, 0) is 50.3 Å². The summed E-state index contributed by atoms with van der Waals surface area (Å²) in [7, 11) is 0. The molecule has 0 bridgehead atoms. The lowest BCUT2D eigenvalue weighted by atomic mass is 9.97. The molecule has 3 rings (SSSR count). The molecule has 2 heterocycles. The van der Waals surface area contributed by atoms with E-state index in [2.05, 4.69) is 5.32 Å². The van der Waals surface area contributed by atoms with E-state index < -0.39 is 12.0 Å². The lowest BCUT2D eigenvalue weighted by molar-refractivity contribution is -0.124. The molecule has 0 unspecified atom stereocenters. The molecule has 0 aliphatic carbocycles. The first-order chi connectivity index (χ1) is 11.9. The molecule has 1 atom stereocenters. The molecule has 0 saturated carbocycles. The molecular formula is C19H22N2O3S. The normalized spacial score (nSPS) is 16.8. The van der Waals surface area contributed by atoms with Gasteiger partial charge in [0.15, 0.2) is 0 Å². The molecule has 0 radical (unpaired) electrons. The van der Waals surface area contributed by atoms with Gasteiger partial charge in [0.05, 0.1) is 5.56 Å². The van der Waals surface area contributed by atoms with Gasteiger partial charge in [0, 0.05) is 17.0 Å². The number of nitrogens with one attached hydrogen (secondary N) is 1. The molecule has 1 aliphatic rings. The van der Waals surface area contributed by atoms with Crippen molar-refractivity contribution in [3.8, 4) is 11.1 Å². The number of hydrogen-bond donors (Lipinski definition) is 2. The van der Waals surface area contributed by atoms with Gasteiger partial charge in [0.1, 0.15) is 11.1 Å². The maximum Gasteiger partial charge on any atom is 0.254 e. The predicted octanol–water partition coefficient (Wildman–Crippen LogP) is 3.56. The Morgan fingerprint density at radius 1 is 1.24 bits per heavy atom. The fourth-order valence-electron chi connectivity index (χ4n) is 3.09. The lowest BCUT2D eigenvalue weighted by Gasteiger charge is -2.11. The summed E-state index contributed by atoms with van der Waals surface area (Å²) in [5, 5.41) is 3.34. The van der Waals surface area contributed by atoms with Crippen LogP contribution in [-0.2, 0) is 9.53 Å². The third-order valence-corrected chi connectivity index (χ3v) is 5.61. The standard InChI is InChI=1S/C19H22N2O3S/c1-10-6-7-13(9-11(10)2)15-12(3)25-19(16(15)17(20)22)21-18(23)14-5-4-8-24-14/h6-7,9,14H,4-5,8H2,1-3H3,(H2,20,22)(H,21,23)/t14-/m1/s1. The Balaban J connectivity index is 2.01. The van der Waals surface area contributed by atoms with E-state index in [4.69, 9.17) is 10.5 Å². The van der Waals surface area contributed by atoms with Crippen molar-refractivity contribution < 1.29 is 14.3 Å². The number of anilines is 1. The molecule has 5 nitrogen and oxygen atoms in total. The molecule has 1 aliphatic heterocycles. The molecule has 25 heavy (non-hydrogen) atoms. The third-order valence-electron chi connectivity index (χ3n) is 4.59. The molecule has 3 N–H and O–H groups in total. The fourth-order valence-corrected chi connectivity index (χ4v) is 4.17. The highest BCUT2D eigenvalue weighted by molar-refractivity contribution is 7.17. The average Bonchev–Trinajstić information content (AvgIpc) is 3.18. The Labute approximate surface area is 151 Å². The number of amides is 2. The highest BCUT2D eigenvalue weighted by Crippen LogP contribution is 2.40. The van der Waals surface area contributed by atoms with E-state index in [1.807, 2.05) is 39.0 Å². The first kappa shape index (κ1) is 17.6. The van der Waals surface area contributed by atoms with Gasteiger partial charge in [-0.1, -0.05) is 18.2 Å². The van der Waals surface area contributed by atoms with Crippen LogP contribution in [0.1, 0.15) is 39.2 Å². The van der Waals surface area contributed by atoms with Crippen LogP contribution in [-0.4, -0.2) is 24.5 Å². The largest absolute Gasteiger partial charge is 0.368 e. The fraction of sp³-hybridized carbons (Fsp3) is 0.368. The Bertz CT molecular complexity index is 835. The molecule has 2 aromatic rings. The maximum absolute atomic E-state index is 12.4. The van der Waals surface area contributed by atoms with E-state index in [9.17, 15) is 9.59 Å². The molecule has 132 valence electrons. The zero-order chi connectivity index (χ0) is 18.1. The molecule has 2 amide bonds.